The molecule has 1 saturated carbocycles. The van der Waals surface area contributed by atoms with Crippen LogP contribution < -0.4 is 10.1 Å². The average Bonchev–Trinajstić information content (AvgIpc) is 2.46. The molecule has 108 valence electrons. The maximum absolute atomic E-state index is 11.7. The van der Waals surface area contributed by atoms with Gasteiger partial charge in [-0.05, 0) is 30.9 Å². The summed E-state index contributed by atoms with van der Waals surface area (Å²) < 4.78 is 5.10. The Kier molecular flexibility index (Phi) is 4.98. The van der Waals surface area contributed by atoms with Crippen molar-refractivity contribution in [2.75, 3.05) is 6.54 Å². The summed E-state index contributed by atoms with van der Waals surface area (Å²) in [4.78, 5) is 22.8. The van der Waals surface area contributed by atoms with E-state index in [9.17, 15) is 9.59 Å². The molecule has 2 unspecified atom stereocenters. The molecule has 5 heteroatoms. The van der Waals surface area contributed by atoms with Crippen LogP contribution >= 0.6 is 0 Å². The van der Waals surface area contributed by atoms with E-state index in [-0.39, 0.29) is 11.8 Å². The number of ether oxygens (including phenoxy) is 1. The van der Waals surface area contributed by atoms with Crippen molar-refractivity contribution < 1.29 is 19.4 Å². The highest BCUT2D eigenvalue weighted by atomic mass is 16.6. The molecule has 1 aromatic rings. The van der Waals surface area contributed by atoms with Crippen LogP contribution in [0.25, 0.3) is 0 Å². The first-order chi connectivity index (χ1) is 9.66. The summed E-state index contributed by atoms with van der Waals surface area (Å²) in [7, 11) is 0. The van der Waals surface area contributed by atoms with Gasteiger partial charge in [0, 0.05) is 6.54 Å². The molecule has 1 aliphatic carbocycles. The van der Waals surface area contributed by atoms with Gasteiger partial charge in [-0.3, -0.25) is 4.79 Å². The number of carbonyl (C=O) groups excluding carboxylic acids is 1. The molecule has 0 aromatic heterocycles. The number of nitrogens with one attached hydrogen (secondary N) is 1. The van der Waals surface area contributed by atoms with E-state index in [1.165, 1.54) is 0 Å². The summed E-state index contributed by atoms with van der Waals surface area (Å²) in [6, 6.07) is 8.79. The van der Waals surface area contributed by atoms with Crippen LogP contribution in [0, 0.1) is 11.8 Å². The SMILES string of the molecule is O=C(NCC1CCCCC1C(=O)O)Oc1ccccc1. The second kappa shape index (κ2) is 6.93. The van der Waals surface area contributed by atoms with E-state index < -0.39 is 12.1 Å². The molecule has 0 bridgehead atoms. The molecule has 1 aromatic carbocycles. The number of carboxylic acid groups (broad SMARTS) is 1. The zero-order valence-corrected chi connectivity index (χ0v) is 11.2. The topological polar surface area (TPSA) is 75.6 Å². The van der Waals surface area contributed by atoms with Crippen LogP contribution in [0.2, 0.25) is 0 Å². The van der Waals surface area contributed by atoms with Crippen LogP contribution in [-0.2, 0) is 4.79 Å². The van der Waals surface area contributed by atoms with Crippen molar-refractivity contribution in [2.24, 2.45) is 11.8 Å². The highest BCUT2D eigenvalue weighted by molar-refractivity contribution is 5.72. The molecule has 2 rings (SSSR count). The fourth-order valence-corrected chi connectivity index (χ4v) is 2.62. The number of amides is 1. The highest BCUT2D eigenvalue weighted by Gasteiger charge is 2.30. The standard InChI is InChI=1S/C15H19NO4/c17-14(18)13-9-5-4-6-11(13)10-16-15(19)20-12-7-2-1-3-8-12/h1-3,7-8,11,13H,4-6,9-10H2,(H,16,19)(H,17,18). The van der Waals surface area contributed by atoms with Crippen molar-refractivity contribution >= 4 is 12.1 Å². The van der Waals surface area contributed by atoms with E-state index >= 15 is 0 Å². The first-order valence-corrected chi connectivity index (χ1v) is 6.90. The molecule has 5 nitrogen and oxygen atoms in total. The van der Waals surface area contributed by atoms with E-state index in [2.05, 4.69) is 5.32 Å². The van der Waals surface area contributed by atoms with E-state index in [1.54, 1.807) is 24.3 Å². The predicted molar refractivity (Wildman–Crippen MR) is 73.6 cm³/mol. The number of carboxylic acids is 1. The number of aliphatic carboxylic acids is 1. The van der Waals surface area contributed by atoms with Gasteiger partial charge in [-0.25, -0.2) is 4.79 Å². The number of rotatable bonds is 4. The Balaban J connectivity index is 1.81. The van der Waals surface area contributed by atoms with Gasteiger partial charge >= 0.3 is 12.1 Å². The molecule has 0 radical (unpaired) electrons. The van der Waals surface area contributed by atoms with Crippen molar-refractivity contribution in [3.05, 3.63) is 30.3 Å². The maximum Gasteiger partial charge on any atom is 0.412 e. The fourth-order valence-electron chi connectivity index (χ4n) is 2.62. The Hall–Kier alpha value is -2.04. The normalized spacial score (nSPS) is 22.0. The molecule has 0 saturated heterocycles. The monoisotopic (exact) mass is 277 g/mol. The van der Waals surface area contributed by atoms with Crippen LogP contribution in [0.15, 0.2) is 30.3 Å². The van der Waals surface area contributed by atoms with Crippen molar-refractivity contribution in [2.45, 2.75) is 25.7 Å². The quantitative estimate of drug-likeness (QED) is 0.887. The van der Waals surface area contributed by atoms with Gasteiger partial charge in [-0.2, -0.15) is 0 Å². The molecule has 1 aliphatic rings. The van der Waals surface area contributed by atoms with Gasteiger partial charge in [0.2, 0.25) is 0 Å². The highest BCUT2D eigenvalue weighted by Crippen LogP contribution is 2.29. The molecule has 1 fully saturated rings. The molecule has 0 spiro atoms. The summed E-state index contributed by atoms with van der Waals surface area (Å²) in [5, 5.41) is 11.8. The molecule has 2 atom stereocenters. The first kappa shape index (κ1) is 14.4. The minimum atomic E-state index is -0.770. The van der Waals surface area contributed by atoms with Crippen LogP contribution in [0.3, 0.4) is 0 Å². The van der Waals surface area contributed by atoms with Crippen molar-refractivity contribution in [1.29, 1.82) is 0 Å². The summed E-state index contributed by atoms with van der Waals surface area (Å²) >= 11 is 0. The summed E-state index contributed by atoms with van der Waals surface area (Å²) in [5.41, 5.74) is 0. The second-order valence-electron chi connectivity index (χ2n) is 5.07. The van der Waals surface area contributed by atoms with Crippen molar-refractivity contribution in [1.82, 2.24) is 5.32 Å². The molecule has 2 N–H and O–H groups in total. The number of hydrogen-bond acceptors (Lipinski definition) is 3. The van der Waals surface area contributed by atoms with Gasteiger partial charge in [-0.1, -0.05) is 31.0 Å². The van der Waals surface area contributed by atoms with Gasteiger partial charge < -0.3 is 15.2 Å². The Bertz CT molecular complexity index is 460. The Morgan fingerprint density at radius 1 is 1.20 bits per heavy atom. The number of carbonyl (C=O) groups is 2. The lowest BCUT2D eigenvalue weighted by Gasteiger charge is -2.28. The molecule has 20 heavy (non-hydrogen) atoms. The van der Waals surface area contributed by atoms with Crippen LogP contribution in [0.5, 0.6) is 5.75 Å². The second-order valence-corrected chi connectivity index (χ2v) is 5.07. The summed E-state index contributed by atoms with van der Waals surface area (Å²) in [6.45, 7) is 0.350. The van der Waals surface area contributed by atoms with E-state index in [0.29, 0.717) is 18.7 Å². The minimum Gasteiger partial charge on any atom is -0.481 e. The van der Waals surface area contributed by atoms with E-state index in [0.717, 1.165) is 19.3 Å². The lowest BCUT2D eigenvalue weighted by atomic mass is 9.79. The van der Waals surface area contributed by atoms with E-state index in [1.807, 2.05) is 6.07 Å². The lowest BCUT2D eigenvalue weighted by Crippen LogP contribution is -2.38. The fraction of sp³-hybridized carbons (Fsp3) is 0.467. The van der Waals surface area contributed by atoms with Crippen LogP contribution in [0.1, 0.15) is 25.7 Å². The molecule has 0 heterocycles. The van der Waals surface area contributed by atoms with Gasteiger partial charge in [0.15, 0.2) is 0 Å². The molecular weight excluding hydrogens is 258 g/mol. The molecule has 0 aliphatic heterocycles. The average molecular weight is 277 g/mol. The summed E-state index contributed by atoms with van der Waals surface area (Å²) in [5.74, 6) is -0.665. The van der Waals surface area contributed by atoms with Gasteiger partial charge in [0.05, 0.1) is 5.92 Å². The van der Waals surface area contributed by atoms with E-state index in [4.69, 9.17) is 9.84 Å². The lowest BCUT2D eigenvalue weighted by molar-refractivity contribution is -0.144. The Morgan fingerprint density at radius 2 is 1.90 bits per heavy atom. The van der Waals surface area contributed by atoms with Gasteiger partial charge in [0.25, 0.3) is 0 Å². The van der Waals surface area contributed by atoms with Gasteiger partial charge in [-0.15, -0.1) is 0 Å². The minimum absolute atomic E-state index is 0.00965. The Morgan fingerprint density at radius 3 is 2.60 bits per heavy atom. The molecule has 1 amide bonds. The molecular formula is C15H19NO4. The Labute approximate surface area is 117 Å². The predicted octanol–water partition coefficient (Wildman–Crippen LogP) is 2.67. The zero-order chi connectivity index (χ0) is 14.4. The van der Waals surface area contributed by atoms with Crippen molar-refractivity contribution in [3.63, 3.8) is 0 Å². The number of para-hydroxylation sites is 1. The zero-order valence-electron chi connectivity index (χ0n) is 11.2. The van der Waals surface area contributed by atoms with Crippen LogP contribution in [-0.4, -0.2) is 23.7 Å². The third-order valence-electron chi connectivity index (χ3n) is 3.69. The number of benzene rings is 1. The first-order valence-electron chi connectivity index (χ1n) is 6.90. The summed E-state index contributed by atoms with van der Waals surface area (Å²) in [6.07, 6.45) is 2.95. The maximum atomic E-state index is 11.7. The van der Waals surface area contributed by atoms with Crippen LogP contribution in [0.4, 0.5) is 4.79 Å². The number of hydrogen-bond donors (Lipinski definition) is 2. The third-order valence-corrected chi connectivity index (χ3v) is 3.69. The largest absolute Gasteiger partial charge is 0.481 e. The third kappa shape index (κ3) is 3.98. The van der Waals surface area contributed by atoms with Crippen molar-refractivity contribution in [3.8, 4) is 5.75 Å². The smallest absolute Gasteiger partial charge is 0.412 e. The van der Waals surface area contributed by atoms with Gasteiger partial charge in [0.1, 0.15) is 5.75 Å².